The molecule has 1 aromatic carbocycles. The van der Waals surface area contributed by atoms with E-state index in [2.05, 4.69) is 0 Å². The number of carbonyl (C=O) groups is 1. The molecule has 0 aliphatic heterocycles. The molecule has 0 aliphatic carbocycles. The van der Waals surface area contributed by atoms with Crippen molar-refractivity contribution in [2.24, 2.45) is 0 Å². The minimum absolute atomic E-state index is 0.0172. The van der Waals surface area contributed by atoms with Crippen LogP contribution >= 0.6 is 22.9 Å². The Balaban J connectivity index is 2.07. The van der Waals surface area contributed by atoms with E-state index in [1.165, 1.54) is 6.08 Å². The number of amides is 1. The van der Waals surface area contributed by atoms with Crippen LogP contribution in [0.1, 0.15) is 25.6 Å². The number of likely N-dealkylation sites (N-methyl/N-ethyl adjacent to an activating group) is 1. The van der Waals surface area contributed by atoms with Crippen LogP contribution in [0.25, 0.3) is 16.5 Å². The summed E-state index contributed by atoms with van der Waals surface area (Å²) in [5, 5.41) is 0.694. The Bertz CT molecular complexity index is 902. The summed E-state index contributed by atoms with van der Waals surface area (Å²) in [7, 11) is -3.13. The lowest BCUT2D eigenvalue weighted by Crippen LogP contribution is -2.41. The molecular weight excluding hydrogens is 402 g/mol. The van der Waals surface area contributed by atoms with Gasteiger partial charge in [-0.15, -0.1) is 11.3 Å². The average Bonchev–Trinajstić information content (AvgIpc) is 3.10. The quantitative estimate of drug-likeness (QED) is 0.573. The first-order chi connectivity index (χ1) is 12.8. The molecule has 2 aromatic rings. The van der Waals surface area contributed by atoms with Crippen LogP contribution in [0.2, 0.25) is 5.02 Å². The van der Waals surface area contributed by atoms with Gasteiger partial charge < -0.3 is 4.90 Å². The highest BCUT2D eigenvalue weighted by atomic mass is 35.5. The Kier molecular flexibility index (Phi) is 7.65. The lowest BCUT2D eigenvalue weighted by molar-refractivity contribution is -0.127. The fourth-order valence-electron chi connectivity index (χ4n) is 2.72. The average molecular weight is 426 g/mol. The van der Waals surface area contributed by atoms with Crippen molar-refractivity contribution in [2.45, 2.75) is 26.8 Å². The first-order valence-electron chi connectivity index (χ1n) is 8.80. The summed E-state index contributed by atoms with van der Waals surface area (Å²) in [5.41, 5.74) is 1.07. The SMILES string of the molecule is CCN(C(=O)C=Cc1ccc(-c2ccc(Cl)cc2)s1)C(C)CS(=O)(=O)CC. The number of nitrogens with zero attached hydrogens (tertiary/aromatic N) is 1. The number of thiophene rings is 1. The zero-order valence-electron chi connectivity index (χ0n) is 15.7. The van der Waals surface area contributed by atoms with Gasteiger partial charge in [0.2, 0.25) is 5.91 Å². The Labute approximate surface area is 170 Å². The van der Waals surface area contributed by atoms with Gasteiger partial charge in [-0.1, -0.05) is 30.7 Å². The van der Waals surface area contributed by atoms with Gasteiger partial charge in [0, 0.05) is 39.2 Å². The van der Waals surface area contributed by atoms with Gasteiger partial charge >= 0.3 is 0 Å². The van der Waals surface area contributed by atoms with Gasteiger partial charge in [0.1, 0.15) is 0 Å². The van der Waals surface area contributed by atoms with Crippen LogP contribution in [-0.2, 0) is 14.6 Å². The van der Waals surface area contributed by atoms with Crippen LogP contribution in [0, 0.1) is 0 Å². The lowest BCUT2D eigenvalue weighted by Gasteiger charge is -2.26. The predicted molar refractivity (Wildman–Crippen MR) is 115 cm³/mol. The molecule has 1 amide bonds. The number of hydrogen-bond acceptors (Lipinski definition) is 4. The molecule has 0 N–H and O–H groups in total. The van der Waals surface area contributed by atoms with Crippen LogP contribution in [0.4, 0.5) is 0 Å². The molecule has 0 aliphatic rings. The first kappa shape index (κ1) is 21.7. The van der Waals surface area contributed by atoms with Crippen LogP contribution in [0.15, 0.2) is 42.5 Å². The second-order valence-electron chi connectivity index (χ2n) is 6.21. The predicted octanol–water partition coefficient (Wildman–Crippen LogP) is 4.75. The zero-order valence-corrected chi connectivity index (χ0v) is 18.1. The number of rotatable bonds is 8. The van der Waals surface area contributed by atoms with Crippen LogP contribution in [-0.4, -0.2) is 43.3 Å². The Morgan fingerprint density at radius 2 is 1.85 bits per heavy atom. The van der Waals surface area contributed by atoms with E-state index in [1.54, 1.807) is 36.2 Å². The highest BCUT2D eigenvalue weighted by molar-refractivity contribution is 7.91. The van der Waals surface area contributed by atoms with Crippen molar-refractivity contribution in [3.63, 3.8) is 0 Å². The van der Waals surface area contributed by atoms with Gasteiger partial charge in [-0.3, -0.25) is 4.79 Å². The fraction of sp³-hybridized carbons (Fsp3) is 0.350. The molecule has 1 atom stereocenters. The molecule has 1 aromatic heterocycles. The number of sulfone groups is 1. The third-order valence-corrected chi connectivity index (χ3v) is 7.46. The second kappa shape index (κ2) is 9.53. The van der Waals surface area contributed by atoms with Crippen molar-refractivity contribution in [3.05, 3.63) is 52.4 Å². The number of carbonyl (C=O) groups excluding carboxylic acids is 1. The monoisotopic (exact) mass is 425 g/mol. The normalized spacial score (nSPS) is 13.0. The van der Waals surface area contributed by atoms with Crippen LogP contribution in [0.3, 0.4) is 0 Å². The van der Waals surface area contributed by atoms with Crippen LogP contribution < -0.4 is 0 Å². The van der Waals surface area contributed by atoms with E-state index >= 15 is 0 Å². The van der Waals surface area contributed by atoms with Crippen molar-refractivity contribution in [3.8, 4) is 10.4 Å². The maximum Gasteiger partial charge on any atom is 0.246 e. The first-order valence-corrected chi connectivity index (χ1v) is 11.8. The Hall–Kier alpha value is -1.63. The van der Waals surface area contributed by atoms with Gasteiger partial charge in [-0.05, 0) is 49.8 Å². The maximum atomic E-state index is 12.5. The van der Waals surface area contributed by atoms with Gasteiger partial charge in [-0.2, -0.15) is 0 Å². The third-order valence-electron chi connectivity index (χ3n) is 4.24. The molecule has 1 unspecified atom stereocenters. The summed E-state index contributed by atoms with van der Waals surface area (Å²) in [4.78, 5) is 16.1. The zero-order chi connectivity index (χ0) is 20.0. The van der Waals surface area contributed by atoms with Crippen molar-refractivity contribution in [1.29, 1.82) is 0 Å². The molecule has 0 spiro atoms. The molecule has 7 heteroatoms. The molecule has 0 bridgehead atoms. The summed E-state index contributed by atoms with van der Waals surface area (Å²) < 4.78 is 23.7. The summed E-state index contributed by atoms with van der Waals surface area (Å²) in [6.07, 6.45) is 3.28. The third kappa shape index (κ3) is 6.19. The van der Waals surface area contributed by atoms with Crippen molar-refractivity contribution in [2.75, 3.05) is 18.1 Å². The molecule has 1 heterocycles. The van der Waals surface area contributed by atoms with E-state index in [-0.39, 0.29) is 23.5 Å². The van der Waals surface area contributed by atoms with Crippen LogP contribution in [0.5, 0.6) is 0 Å². The Morgan fingerprint density at radius 3 is 2.44 bits per heavy atom. The smallest absolute Gasteiger partial charge is 0.246 e. The van der Waals surface area contributed by atoms with Crippen molar-refractivity contribution in [1.82, 2.24) is 4.90 Å². The summed E-state index contributed by atoms with van der Waals surface area (Å²) >= 11 is 7.50. The molecule has 0 fully saturated rings. The maximum absolute atomic E-state index is 12.5. The highest BCUT2D eigenvalue weighted by Gasteiger charge is 2.21. The summed E-state index contributed by atoms with van der Waals surface area (Å²) in [6, 6.07) is 11.2. The molecule has 2 rings (SSSR count). The Morgan fingerprint density at radius 1 is 1.19 bits per heavy atom. The minimum atomic E-state index is -3.13. The highest BCUT2D eigenvalue weighted by Crippen LogP contribution is 2.29. The fourth-order valence-corrected chi connectivity index (χ4v) is 4.91. The van der Waals surface area contributed by atoms with E-state index in [0.717, 1.165) is 15.3 Å². The molecule has 0 saturated carbocycles. The van der Waals surface area contributed by atoms with E-state index in [9.17, 15) is 13.2 Å². The van der Waals surface area contributed by atoms with Crippen molar-refractivity contribution < 1.29 is 13.2 Å². The lowest BCUT2D eigenvalue weighted by atomic mass is 10.2. The number of hydrogen-bond donors (Lipinski definition) is 0. The van der Waals surface area contributed by atoms with E-state index in [4.69, 9.17) is 11.6 Å². The second-order valence-corrected chi connectivity index (χ2v) is 10.2. The molecule has 0 saturated heterocycles. The topological polar surface area (TPSA) is 54.5 Å². The summed E-state index contributed by atoms with van der Waals surface area (Å²) in [5.74, 6) is -0.115. The summed E-state index contributed by atoms with van der Waals surface area (Å²) in [6.45, 7) is 5.70. The van der Waals surface area contributed by atoms with Gasteiger partial charge in [0.05, 0.1) is 5.75 Å². The largest absolute Gasteiger partial charge is 0.336 e. The standard InChI is InChI=1S/C20H24ClNO3S2/c1-4-22(15(3)14-27(24,25)5-2)20(23)13-11-18-10-12-19(26-18)16-6-8-17(21)9-7-16/h6-13,15H,4-5,14H2,1-3H3. The minimum Gasteiger partial charge on any atom is -0.336 e. The molecule has 0 radical (unpaired) electrons. The van der Waals surface area contributed by atoms with Gasteiger partial charge in [-0.25, -0.2) is 8.42 Å². The molecular formula is C20H24ClNO3S2. The molecule has 27 heavy (non-hydrogen) atoms. The van der Waals surface area contributed by atoms with E-state index in [0.29, 0.717) is 11.6 Å². The van der Waals surface area contributed by atoms with E-state index < -0.39 is 9.84 Å². The van der Waals surface area contributed by atoms with Gasteiger partial charge in [0.25, 0.3) is 0 Å². The van der Waals surface area contributed by atoms with Gasteiger partial charge in [0.15, 0.2) is 9.84 Å². The molecule has 146 valence electrons. The number of benzene rings is 1. The molecule has 4 nitrogen and oxygen atoms in total. The van der Waals surface area contributed by atoms with Crippen molar-refractivity contribution >= 4 is 44.8 Å². The van der Waals surface area contributed by atoms with E-state index in [1.807, 2.05) is 43.3 Å². The number of halogens is 1.